The molecule has 0 bridgehead atoms. The van der Waals surface area contributed by atoms with E-state index in [1.807, 2.05) is 30.7 Å². The van der Waals surface area contributed by atoms with Crippen molar-refractivity contribution in [2.75, 3.05) is 5.01 Å². The molecule has 0 radical (unpaired) electrons. The number of halogens is 2. The van der Waals surface area contributed by atoms with E-state index in [0.29, 0.717) is 36.4 Å². The lowest BCUT2D eigenvalue weighted by molar-refractivity contribution is -0.114. The summed E-state index contributed by atoms with van der Waals surface area (Å²) in [5.74, 6) is 0.926. The molecule has 1 saturated heterocycles. The minimum atomic E-state index is -0.184. The first kappa shape index (κ1) is 19.3. The van der Waals surface area contributed by atoms with Crippen LogP contribution in [0.15, 0.2) is 51.8 Å². The second-order valence-corrected chi connectivity index (χ2v) is 8.77. The zero-order valence-corrected chi connectivity index (χ0v) is 18.0. The molecule has 8 heteroatoms. The van der Waals surface area contributed by atoms with E-state index >= 15 is 0 Å². The molecule has 3 heterocycles. The number of thiocarbonyl (C=S) groups is 1. The van der Waals surface area contributed by atoms with Crippen LogP contribution in [0.1, 0.15) is 17.1 Å². The van der Waals surface area contributed by atoms with Crippen molar-refractivity contribution in [3.8, 4) is 11.3 Å². The molecule has 3 aromatic rings. The zero-order valence-electron chi connectivity index (χ0n) is 14.9. The summed E-state index contributed by atoms with van der Waals surface area (Å²) in [7, 11) is 0. The van der Waals surface area contributed by atoms with E-state index in [9.17, 15) is 4.79 Å². The van der Waals surface area contributed by atoms with Gasteiger partial charge in [0, 0.05) is 28.0 Å². The Labute approximate surface area is 181 Å². The Kier molecular flexibility index (Phi) is 5.14. The molecule has 0 unspecified atom stereocenters. The molecule has 2 aromatic heterocycles. The third-order valence-corrected chi connectivity index (χ3v) is 6.15. The molecule has 1 fully saturated rings. The van der Waals surface area contributed by atoms with E-state index in [4.69, 9.17) is 39.8 Å². The molecule has 1 aliphatic heterocycles. The van der Waals surface area contributed by atoms with E-state index in [1.54, 1.807) is 36.4 Å². The number of aromatic nitrogens is 1. The van der Waals surface area contributed by atoms with Gasteiger partial charge in [0.15, 0.2) is 4.32 Å². The fourth-order valence-corrected chi connectivity index (χ4v) is 4.60. The number of carbonyl (C=O) groups excluding carboxylic acids is 1. The van der Waals surface area contributed by atoms with E-state index in [1.165, 1.54) is 16.8 Å². The van der Waals surface area contributed by atoms with E-state index in [0.717, 1.165) is 11.4 Å². The van der Waals surface area contributed by atoms with Crippen LogP contribution >= 0.6 is 47.2 Å². The summed E-state index contributed by atoms with van der Waals surface area (Å²) in [6, 6.07) is 12.7. The molecule has 142 valence electrons. The number of hydrogen-bond donors (Lipinski definition) is 0. The summed E-state index contributed by atoms with van der Waals surface area (Å²) < 4.78 is 8.16. The van der Waals surface area contributed by atoms with Crippen molar-refractivity contribution >= 4 is 63.5 Å². The lowest BCUT2D eigenvalue weighted by Gasteiger charge is -2.20. The van der Waals surface area contributed by atoms with Crippen LogP contribution in [0.25, 0.3) is 17.4 Å². The molecule has 1 aliphatic rings. The molecule has 0 atom stereocenters. The van der Waals surface area contributed by atoms with Gasteiger partial charge in [-0.1, -0.05) is 35.0 Å². The number of furan rings is 1. The standard InChI is InChI=1S/C20H14Cl2N2O2S2/c1-11-3-4-12(2)23(11)24-19(25)18(28-20(24)27)10-14-6-8-17(26-14)15-9-13(21)5-7-16(15)22/h3-10H,1-2H3/b18-10-. The number of amides is 1. The average molecular weight is 449 g/mol. The SMILES string of the molecule is Cc1ccc(C)n1N1C(=O)/C(=C/c2ccc(-c3cc(Cl)ccc3Cl)o2)SC1=S. The molecule has 4 rings (SSSR count). The molecule has 0 aliphatic carbocycles. The van der Waals surface area contributed by atoms with E-state index in [2.05, 4.69) is 0 Å². The Balaban J connectivity index is 1.66. The van der Waals surface area contributed by atoms with Crippen LogP contribution in [0.5, 0.6) is 0 Å². The number of aryl methyl sites for hydroxylation is 2. The third kappa shape index (κ3) is 3.42. The maximum atomic E-state index is 12.9. The zero-order chi connectivity index (χ0) is 20.0. The first-order chi connectivity index (χ1) is 13.3. The number of carbonyl (C=O) groups is 1. The average Bonchev–Trinajstić information content (AvgIpc) is 3.31. The van der Waals surface area contributed by atoms with Gasteiger partial charge < -0.3 is 4.42 Å². The summed E-state index contributed by atoms with van der Waals surface area (Å²) in [5, 5.41) is 2.61. The highest BCUT2D eigenvalue weighted by molar-refractivity contribution is 8.27. The molecule has 0 spiro atoms. The Morgan fingerprint density at radius 1 is 1.07 bits per heavy atom. The van der Waals surface area contributed by atoms with Gasteiger partial charge >= 0.3 is 0 Å². The predicted molar refractivity (Wildman–Crippen MR) is 119 cm³/mol. The fraction of sp³-hybridized carbons (Fsp3) is 0.100. The Hall–Kier alpha value is -1.99. The first-order valence-electron chi connectivity index (χ1n) is 8.33. The minimum absolute atomic E-state index is 0.184. The Morgan fingerprint density at radius 2 is 1.79 bits per heavy atom. The maximum Gasteiger partial charge on any atom is 0.285 e. The molecular formula is C20H14Cl2N2O2S2. The van der Waals surface area contributed by atoms with Gasteiger partial charge in [0.25, 0.3) is 5.91 Å². The van der Waals surface area contributed by atoms with Gasteiger partial charge in [0.2, 0.25) is 0 Å². The fourth-order valence-electron chi connectivity index (χ4n) is 3.00. The molecular weight excluding hydrogens is 435 g/mol. The number of thioether (sulfide) groups is 1. The van der Waals surface area contributed by atoms with E-state index < -0.39 is 0 Å². The van der Waals surface area contributed by atoms with Crippen molar-refractivity contribution in [1.29, 1.82) is 0 Å². The summed E-state index contributed by atoms with van der Waals surface area (Å²) in [5.41, 5.74) is 2.57. The van der Waals surface area contributed by atoms with Crippen molar-refractivity contribution in [2.24, 2.45) is 0 Å². The van der Waals surface area contributed by atoms with Crippen LogP contribution in [0, 0.1) is 13.8 Å². The van der Waals surface area contributed by atoms with Crippen molar-refractivity contribution in [2.45, 2.75) is 13.8 Å². The van der Waals surface area contributed by atoms with Crippen LogP contribution in [-0.2, 0) is 4.79 Å². The monoisotopic (exact) mass is 448 g/mol. The number of hydrogen-bond acceptors (Lipinski definition) is 4. The highest BCUT2D eigenvalue weighted by Crippen LogP contribution is 2.35. The van der Waals surface area contributed by atoms with E-state index in [-0.39, 0.29) is 5.91 Å². The highest BCUT2D eigenvalue weighted by Gasteiger charge is 2.35. The second kappa shape index (κ2) is 7.44. The topological polar surface area (TPSA) is 38.4 Å². The van der Waals surface area contributed by atoms with Gasteiger partial charge in [0.1, 0.15) is 11.5 Å². The smallest absolute Gasteiger partial charge is 0.285 e. The summed E-state index contributed by atoms with van der Waals surface area (Å²) >= 11 is 19.0. The Morgan fingerprint density at radius 3 is 2.50 bits per heavy atom. The highest BCUT2D eigenvalue weighted by atomic mass is 35.5. The van der Waals surface area contributed by atoms with Gasteiger partial charge in [-0.15, -0.1) is 0 Å². The van der Waals surface area contributed by atoms with Crippen LogP contribution < -0.4 is 5.01 Å². The van der Waals surface area contributed by atoms with Crippen molar-refractivity contribution < 1.29 is 9.21 Å². The minimum Gasteiger partial charge on any atom is -0.457 e. The molecule has 0 saturated carbocycles. The normalized spacial score (nSPS) is 15.9. The quantitative estimate of drug-likeness (QED) is 0.352. The molecule has 28 heavy (non-hydrogen) atoms. The van der Waals surface area contributed by atoms with Gasteiger partial charge in [-0.3, -0.25) is 9.47 Å². The van der Waals surface area contributed by atoms with Crippen LogP contribution in [0.4, 0.5) is 0 Å². The lowest BCUT2D eigenvalue weighted by atomic mass is 10.2. The lowest BCUT2D eigenvalue weighted by Crippen LogP contribution is -2.39. The van der Waals surface area contributed by atoms with Crippen LogP contribution in [-0.4, -0.2) is 14.9 Å². The molecule has 0 N–H and O–H groups in total. The summed E-state index contributed by atoms with van der Waals surface area (Å²) in [4.78, 5) is 13.4. The number of benzene rings is 1. The van der Waals surface area contributed by atoms with Crippen molar-refractivity contribution in [1.82, 2.24) is 4.68 Å². The van der Waals surface area contributed by atoms with Crippen LogP contribution in [0.2, 0.25) is 10.0 Å². The molecule has 1 amide bonds. The third-order valence-electron chi connectivity index (χ3n) is 4.30. The van der Waals surface area contributed by atoms with Gasteiger partial charge in [0.05, 0.1) is 9.93 Å². The second-order valence-electron chi connectivity index (χ2n) is 6.25. The maximum absolute atomic E-state index is 12.9. The van der Waals surface area contributed by atoms with Crippen molar-refractivity contribution in [3.05, 3.63) is 74.6 Å². The largest absolute Gasteiger partial charge is 0.457 e. The van der Waals surface area contributed by atoms with Crippen LogP contribution in [0.3, 0.4) is 0 Å². The first-order valence-corrected chi connectivity index (χ1v) is 10.3. The number of nitrogens with zero attached hydrogens (tertiary/aromatic N) is 2. The van der Waals surface area contributed by atoms with Gasteiger partial charge in [-0.2, -0.15) is 5.01 Å². The Bertz CT molecular complexity index is 1130. The molecule has 1 aromatic carbocycles. The van der Waals surface area contributed by atoms with Gasteiger partial charge in [-0.05, 0) is 68.5 Å². The number of rotatable bonds is 3. The summed E-state index contributed by atoms with van der Waals surface area (Å²) in [6.45, 7) is 3.87. The predicted octanol–water partition coefficient (Wildman–Crippen LogP) is 6.21. The molecule has 4 nitrogen and oxygen atoms in total. The van der Waals surface area contributed by atoms with Crippen molar-refractivity contribution in [3.63, 3.8) is 0 Å². The van der Waals surface area contributed by atoms with Gasteiger partial charge in [-0.25, -0.2) is 0 Å². The summed E-state index contributed by atoms with van der Waals surface area (Å²) in [6.07, 6.45) is 1.69.